The van der Waals surface area contributed by atoms with Crippen molar-refractivity contribution >= 4 is 42.8 Å². The molecule has 0 aliphatic rings. The molecule has 0 saturated heterocycles. The summed E-state index contributed by atoms with van der Waals surface area (Å²) in [6, 6.07) is 19.5. The van der Waals surface area contributed by atoms with Gasteiger partial charge in [-0.25, -0.2) is 0 Å². The van der Waals surface area contributed by atoms with Crippen molar-refractivity contribution in [1.82, 2.24) is 0 Å². The van der Waals surface area contributed by atoms with Gasteiger partial charge in [0.2, 0.25) is 0 Å². The van der Waals surface area contributed by atoms with Crippen LogP contribution in [-0.4, -0.2) is 0 Å². The summed E-state index contributed by atoms with van der Waals surface area (Å²) in [6.45, 7) is 8.97. The predicted molar refractivity (Wildman–Crippen MR) is 112 cm³/mol. The van der Waals surface area contributed by atoms with E-state index < -0.39 is 0 Å². The fourth-order valence-electron chi connectivity index (χ4n) is 2.73. The average Bonchev–Trinajstić information content (AvgIpc) is 3.19. The van der Waals surface area contributed by atoms with Crippen LogP contribution in [0, 0.1) is 0 Å². The van der Waals surface area contributed by atoms with Crippen molar-refractivity contribution < 1.29 is 0 Å². The molecule has 2 heterocycles. The van der Waals surface area contributed by atoms with E-state index in [2.05, 4.69) is 87.7 Å². The molecule has 0 spiro atoms. The van der Waals surface area contributed by atoms with Gasteiger partial charge < -0.3 is 0 Å². The second-order valence-corrected chi connectivity index (χ2v) is 8.71. The maximum Gasteiger partial charge on any atom is 0.0345 e. The third kappa shape index (κ3) is 3.71. The van der Waals surface area contributed by atoms with Crippen molar-refractivity contribution in [3.8, 4) is 0 Å². The van der Waals surface area contributed by atoms with Gasteiger partial charge in [-0.1, -0.05) is 64.1 Å². The Hall–Kier alpha value is -1.64. The van der Waals surface area contributed by atoms with Gasteiger partial charge in [-0.2, -0.15) is 0 Å². The summed E-state index contributed by atoms with van der Waals surface area (Å²) in [5.41, 5.74) is 1.48. The molecule has 0 aliphatic carbocycles. The number of benzene rings is 2. The van der Waals surface area contributed by atoms with Crippen LogP contribution in [0.15, 0.2) is 60.0 Å². The molecule has 0 radical (unpaired) electrons. The van der Waals surface area contributed by atoms with Crippen LogP contribution in [0.3, 0.4) is 0 Å². The van der Waals surface area contributed by atoms with E-state index in [0.29, 0.717) is 11.8 Å². The lowest BCUT2D eigenvalue weighted by molar-refractivity contribution is 0.880. The summed E-state index contributed by atoms with van der Waals surface area (Å²) < 4.78 is 2.81. The molecule has 0 atom stereocenters. The molecule has 2 aromatic heterocycles. The zero-order valence-corrected chi connectivity index (χ0v) is 16.4. The predicted octanol–water partition coefficient (Wildman–Crippen LogP) is 8.05. The van der Waals surface area contributed by atoms with E-state index >= 15 is 0 Å². The summed E-state index contributed by atoms with van der Waals surface area (Å²) in [7, 11) is 0. The number of hydrogen-bond acceptors (Lipinski definition) is 2. The fraction of sp³-hybridized carbons (Fsp3) is 0.273. The summed E-state index contributed by atoms with van der Waals surface area (Å²) >= 11 is 3.75. The van der Waals surface area contributed by atoms with E-state index in [9.17, 15) is 0 Å². The van der Waals surface area contributed by atoms with Crippen LogP contribution in [0.1, 0.15) is 50.0 Å². The van der Waals surface area contributed by atoms with Crippen molar-refractivity contribution in [2.24, 2.45) is 0 Å². The van der Waals surface area contributed by atoms with Crippen LogP contribution in [0.5, 0.6) is 0 Å². The maximum absolute atomic E-state index is 2.30. The highest BCUT2D eigenvalue weighted by Gasteiger charge is 2.05. The van der Waals surface area contributed by atoms with Crippen LogP contribution >= 0.6 is 22.7 Å². The van der Waals surface area contributed by atoms with Gasteiger partial charge in [0.15, 0.2) is 0 Å². The Kier molecular flexibility index (Phi) is 5.37. The van der Waals surface area contributed by atoms with Crippen molar-refractivity contribution in [3.63, 3.8) is 0 Å². The van der Waals surface area contributed by atoms with Crippen LogP contribution in [0.4, 0.5) is 0 Å². The Balaban J connectivity index is 0.000000141. The van der Waals surface area contributed by atoms with Gasteiger partial charge in [0, 0.05) is 14.3 Å². The zero-order valence-electron chi connectivity index (χ0n) is 14.7. The quantitative estimate of drug-likeness (QED) is 0.342. The van der Waals surface area contributed by atoms with Gasteiger partial charge >= 0.3 is 0 Å². The van der Waals surface area contributed by atoms with E-state index in [1.165, 1.54) is 30.6 Å². The molecule has 124 valence electrons. The van der Waals surface area contributed by atoms with Crippen LogP contribution in [0.2, 0.25) is 0 Å². The first-order chi connectivity index (χ1) is 11.6. The van der Waals surface area contributed by atoms with E-state index in [1.54, 1.807) is 0 Å². The topological polar surface area (TPSA) is 0 Å². The van der Waals surface area contributed by atoms with Gasteiger partial charge in [-0.15, -0.1) is 22.7 Å². The summed E-state index contributed by atoms with van der Waals surface area (Å²) in [5, 5.41) is 5.08. The second-order valence-electron chi connectivity index (χ2n) is 6.68. The van der Waals surface area contributed by atoms with E-state index in [0.717, 1.165) is 0 Å². The van der Waals surface area contributed by atoms with E-state index in [1.807, 2.05) is 22.7 Å². The molecule has 0 fully saturated rings. The van der Waals surface area contributed by atoms with E-state index in [4.69, 9.17) is 0 Å². The SMILES string of the molecule is CC(C)c1cc2ccccc2s1.CC(C)c1csc2ccccc12. The minimum atomic E-state index is 0.640. The standard InChI is InChI=1S/2C11H12S/c1-8(2)10-7-12-11-6-4-3-5-9(10)11;1-8(2)11-7-9-5-3-4-6-10(9)12-11/h2*3-8H,1-2H3. The second kappa shape index (κ2) is 7.50. The van der Waals surface area contributed by atoms with Crippen molar-refractivity contribution in [1.29, 1.82) is 0 Å². The summed E-state index contributed by atoms with van der Waals surface area (Å²) in [4.78, 5) is 1.48. The monoisotopic (exact) mass is 352 g/mol. The third-order valence-electron chi connectivity index (χ3n) is 4.15. The van der Waals surface area contributed by atoms with Gasteiger partial charge in [-0.3, -0.25) is 0 Å². The van der Waals surface area contributed by atoms with Crippen LogP contribution in [-0.2, 0) is 0 Å². The number of rotatable bonds is 2. The normalized spacial score (nSPS) is 11.2. The molecule has 4 rings (SSSR count). The van der Waals surface area contributed by atoms with Crippen LogP contribution in [0.25, 0.3) is 20.2 Å². The molecule has 0 unspecified atom stereocenters. The molecular formula is C22H24S2. The molecule has 0 nitrogen and oxygen atoms in total. The molecule has 0 aliphatic heterocycles. The van der Waals surface area contributed by atoms with Crippen molar-refractivity contribution in [3.05, 3.63) is 70.4 Å². The number of hydrogen-bond donors (Lipinski definition) is 0. The fourth-order valence-corrected chi connectivity index (χ4v) is 4.92. The largest absolute Gasteiger partial charge is 0.144 e. The molecule has 0 saturated carbocycles. The van der Waals surface area contributed by atoms with E-state index in [-0.39, 0.29) is 0 Å². The molecule has 0 amide bonds. The number of fused-ring (bicyclic) bond motifs is 2. The van der Waals surface area contributed by atoms with Crippen molar-refractivity contribution in [2.45, 2.75) is 39.5 Å². The zero-order chi connectivity index (χ0) is 17.1. The smallest absolute Gasteiger partial charge is 0.0345 e. The Morgan fingerprint density at radius 1 is 0.750 bits per heavy atom. The highest BCUT2D eigenvalue weighted by molar-refractivity contribution is 7.19. The van der Waals surface area contributed by atoms with Gasteiger partial charge in [0.05, 0.1) is 0 Å². The molecule has 0 bridgehead atoms. The number of thiophene rings is 2. The Labute approximate surface area is 152 Å². The molecular weight excluding hydrogens is 328 g/mol. The lowest BCUT2D eigenvalue weighted by atomic mass is 10.0. The minimum Gasteiger partial charge on any atom is -0.144 e. The van der Waals surface area contributed by atoms with Crippen LogP contribution < -0.4 is 0 Å². The lowest BCUT2D eigenvalue weighted by Gasteiger charge is -2.01. The average molecular weight is 353 g/mol. The molecule has 2 heteroatoms. The molecule has 24 heavy (non-hydrogen) atoms. The van der Waals surface area contributed by atoms with Crippen molar-refractivity contribution in [2.75, 3.05) is 0 Å². The molecule has 0 N–H and O–H groups in total. The first kappa shape index (κ1) is 17.2. The molecule has 4 aromatic rings. The first-order valence-corrected chi connectivity index (χ1v) is 10.2. The maximum atomic E-state index is 2.30. The Morgan fingerprint density at radius 2 is 1.42 bits per heavy atom. The van der Waals surface area contributed by atoms with Gasteiger partial charge in [-0.05, 0) is 51.8 Å². The highest BCUT2D eigenvalue weighted by Crippen LogP contribution is 2.31. The minimum absolute atomic E-state index is 0.640. The van der Waals surface area contributed by atoms with Gasteiger partial charge in [0.25, 0.3) is 0 Å². The Morgan fingerprint density at radius 3 is 2.08 bits per heavy atom. The Bertz CT molecular complexity index is 884. The summed E-state index contributed by atoms with van der Waals surface area (Å²) in [5.74, 6) is 1.29. The highest BCUT2D eigenvalue weighted by atomic mass is 32.1. The molecule has 2 aromatic carbocycles. The third-order valence-corrected chi connectivity index (χ3v) is 6.54. The van der Waals surface area contributed by atoms with Gasteiger partial charge in [0.1, 0.15) is 0 Å². The summed E-state index contributed by atoms with van der Waals surface area (Å²) in [6.07, 6.45) is 0. The first-order valence-electron chi connectivity index (χ1n) is 8.51. The lowest BCUT2D eigenvalue weighted by Crippen LogP contribution is -1.82.